The summed E-state index contributed by atoms with van der Waals surface area (Å²) >= 11 is 2.12. The molecule has 1 saturated heterocycles. The molecular formula is C17H27NS. The fraction of sp³-hybridized carbons (Fsp3) is 0.647. The van der Waals surface area contributed by atoms with Gasteiger partial charge in [0.25, 0.3) is 0 Å². The Labute approximate surface area is 122 Å². The Bertz CT molecular complexity index is 354. The Balaban J connectivity index is 1.95. The fourth-order valence-electron chi connectivity index (χ4n) is 2.94. The normalized spacial score (nSPS) is 18.4. The smallest absolute Gasteiger partial charge is 0.0320 e. The number of hydrogen-bond acceptors (Lipinski definition) is 2. The third-order valence-corrected chi connectivity index (χ3v) is 5.23. The van der Waals surface area contributed by atoms with Crippen molar-refractivity contribution in [1.29, 1.82) is 0 Å². The molecule has 0 radical (unpaired) electrons. The summed E-state index contributed by atoms with van der Waals surface area (Å²) in [7, 11) is 2.10. The lowest BCUT2D eigenvalue weighted by Crippen LogP contribution is -2.22. The van der Waals surface area contributed by atoms with Crippen molar-refractivity contribution < 1.29 is 0 Å². The van der Waals surface area contributed by atoms with Crippen LogP contribution in [0.5, 0.6) is 0 Å². The van der Waals surface area contributed by atoms with E-state index in [9.17, 15) is 0 Å². The van der Waals surface area contributed by atoms with Gasteiger partial charge in [-0.2, -0.15) is 11.8 Å². The molecule has 1 fully saturated rings. The minimum Gasteiger partial charge on any atom is -0.313 e. The second-order valence-corrected chi connectivity index (χ2v) is 6.85. The molecule has 1 aromatic carbocycles. The molecule has 0 aromatic heterocycles. The van der Waals surface area contributed by atoms with Gasteiger partial charge in [-0.3, -0.25) is 0 Å². The van der Waals surface area contributed by atoms with Crippen molar-refractivity contribution in [2.24, 2.45) is 5.92 Å². The maximum absolute atomic E-state index is 3.51. The Morgan fingerprint density at radius 3 is 2.47 bits per heavy atom. The molecule has 1 aliphatic rings. The van der Waals surface area contributed by atoms with Crippen molar-refractivity contribution >= 4 is 11.8 Å². The largest absolute Gasteiger partial charge is 0.313 e. The summed E-state index contributed by atoms with van der Waals surface area (Å²) in [5.41, 5.74) is 2.93. The molecule has 0 bridgehead atoms. The van der Waals surface area contributed by atoms with Gasteiger partial charge in [0.2, 0.25) is 0 Å². The van der Waals surface area contributed by atoms with Gasteiger partial charge in [0, 0.05) is 6.04 Å². The molecule has 19 heavy (non-hydrogen) atoms. The Morgan fingerprint density at radius 1 is 1.21 bits per heavy atom. The van der Waals surface area contributed by atoms with Gasteiger partial charge in [0.15, 0.2) is 0 Å². The quantitative estimate of drug-likeness (QED) is 0.825. The van der Waals surface area contributed by atoms with E-state index >= 15 is 0 Å². The van der Waals surface area contributed by atoms with Crippen LogP contribution in [0.15, 0.2) is 24.3 Å². The lowest BCUT2D eigenvalue weighted by atomic mass is 9.90. The number of benzene rings is 1. The highest BCUT2D eigenvalue weighted by molar-refractivity contribution is 7.99. The average Bonchev–Trinajstić information content (AvgIpc) is 2.47. The number of nitrogens with one attached hydrogen (secondary N) is 1. The minimum atomic E-state index is 0.531. The van der Waals surface area contributed by atoms with Crippen molar-refractivity contribution in [2.75, 3.05) is 18.6 Å². The van der Waals surface area contributed by atoms with Crippen molar-refractivity contribution in [3.8, 4) is 0 Å². The van der Waals surface area contributed by atoms with Crippen LogP contribution in [0.3, 0.4) is 0 Å². The molecule has 1 nitrogen and oxygen atoms in total. The highest BCUT2D eigenvalue weighted by Gasteiger charge is 2.19. The van der Waals surface area contributed by atoms with E-state index in [2.05, 4.69) is 55.3 Å². The van der Waals surface area contributed by atoms with E-state index in [4.69, 9.17) is 0 Å². The maximum Gasteiger partial charge on any atom is 0.0320 e. The van der Waals surface area contributed by atoms with Crippen LogP contribution in [0.4, 0.5) is 0 Å². The Kier molecular flexibility index (Phi) is 6.25. The van der Waals surface area contributed by atoms with Crippen molar-refractivity contribution in [3.63, 3.8) is 0 Å². The van der Waals surface area contributed by atoms with E-state index < -0.39 is 0 Å². The van der Waals surface area contributed by atoms with Gasteiger partial charge in [0.1, 0.15) is 0 Å². The summed E-state index contributed by atoms with van der Waals surface area (Å²) in [6.45, 7) is 2.24. The van der Waals surface area contributed by atoms with Crippen LogP contribution < -0.4 is 5.32 Å². The summed E-state index contributed by atoms with van der Waals surface area (Å²) in [4.78, 5) is 0. The molecule has 1 aromatic rings. The first-order valence-electron chi connectivity index (χ1n) is 7.67. The summed E-state index contributed by atoms with van der Waals surface area (Å²) in [5, 5.41) is 3.51. The molecule has 0 spiro atoms. The first kappa shape index (κ1) is 14.9. The highest BCUT2D eigenvalue weighted by atomic mass is 32.2. The van der Waals surface area contributed by atoms with Gasteiger partial charge in [-0.05, 0) is 61.3 Å². The van der Waals surface area contributed by atoms with E-state index in [-0.39, 0.29) is 0 Å². The van der Waals surface area contributed by atoms with Crippen molar-refractivity contribution in [2.45, 2.75) is 45.1 Å². The Hall–Kier alpha value is -0.470. The molecular weight excluding hydrogens is 250 g/mol. The van der Waals surface area contributed by atoms with Crippen LogP contribution in [0.1, 0.15) is 49.8 Å². The molecule has 0 saturated carbocycles. The van der Waals surface area contributed by atoms with Gasteiger partial charge >= 0.3 is 0 Å². The first-order valence-corrected chi connectivity index (χ1v) is 8.82. The highest BCUT2D eigenvalue weighted by Crippen LogP contribution is 2.31. The Morgan fingerprint density at radius 2 is 1.89 bits per heavy atom. The number of rotatable bonds is 6. The lowest BCUT2D eigenvalue weighted by Gasteiger charge is -2.26. The van der Waals surface area contributed by atoms with Crippen LogP contribution in [-0.2, 0) is 6.42 Å². The SMILES string of the molecule is CCCc1ccc(C(CC2CCSCC2)NC)cc1. The first-order chi connectivity index (χ1) is 9.33. The summed E-state index contributed by atoms with van der Waals surface area (Å²) < 4.78 is 0. The number of thioether (sulfide) groups is 1. The molecule has 2 rings (SSSR count). The standard InChI is InChI=1S/C17H27NS/c1-3-4-14-5-7-16(8-6-14)17(18-2)13-15-9-11-19-12-10-15/h5-8,15,17-18H,3-4,9-13H2,1-2H3. The molecule has 1 heterocycles. The monoisotopic (exact) mass is 277 g/mol. The summed E-state index contributed by atoms with van der Waals surface area (Å²) in [6.07, 6.45) is 6.52. The molecule has 1 atom stereocenters. The number of hydrogen-bond donors (Lipinski definition) is 1. The van der Waals surface area contributed by atoms with Gasteiger partial charge < -0.3 is 5.32 Å². The minimum absolute atomic E-state index is 0.531. The zero-order chi connectivity index (χ0) is 13.5. The number of aryl methyl sites for hydroxylation is 1. The maximum atomic E-state index is 3.51. The van der Waals surface area contributed by atoms with Crippen LogP contribution in [0, 0.1) is 5.92 Å². The van der Waals surface area contributed by atoms with Gasteiger partial charge in [0.05, 0.1) is 0 Å². The summed E-state index contributed by atoms with van der Waals surface area (Å²) in [5.74, 6) is 3.63. The topological polar surface area (TPSA) is 12.0 Å². The van der Waals surface area contributed by atoms with Crippen molar-refractivity contribution in [1.82, 2.24) is 5.32 Å². The van der Waals surface area contributed by atoms with Gasteiger partial charge in [-0.1, -0.05) is 37.6 Å². The zero-order valence-electron chi connectivity index (χ0n) is 12.3. The van der Waals surface area contributed by atoms with E-state index in [1.807, 2.05) is 0 Å². The van der Waals surface area contributed by atoms with E-state index in [0.717, 1.165) is 5.92 Å². The molecule has 106 valence electrons. The van der Waals surface area contributed by atoms with Crippen molar-refractivity contribution in [3.05, 3.63) is 35.4 Å². The van der Waals surface area contributed by atoms with Crippen LogP contribution in [-0.4, -0.2) is 18.6 Å². The zero-order valence-corrected chi connectivity index (χ0v) is 13.1. The fourth-order valence-corrected chi connectivity index (χ4v) is 4.15. The summed E-state index contributed by atoms with van der Waals surface area (Å²) in [6, 6.07) is 9.79. The molecule has 1 aliphatic heterocycles. The second-order valence-electron chi connectivity index (χ2n) is 5.62. The van der Waals surface area contributed by atoms with Crippen LogP contribution in [0.2, 0.25) is 0 Å². The molecule has 1 N–H and O–H groups in total. The van der Waals surface area contributed by atoms with E-state index in [0.29, 0.717) is 6.04 Å². The third-order valence-electron chi connectivity index (χ3n) is 4.18. The van der Waals surface area contributed by atoms with Gasteiger partial charge in [-0.15, -0.1) is 0 Å². The van der Waals surface area contributed by atoms with Gasteiger partial charge in [-0.25, -0.2) is 0 Å². The van der Waals surface area contributed by atoms with E-state index in [1.54, 1.807) is 0 Å². The predicted molar refractivity (Wildman–Crippen MR) is 86.9 cm³/mol. The lowest BCUT2D eigenvalue weighted by molar-refractivity contribution is 0.384. The third kappa shape index (κ3) is 4.54. The predicted octanol–water partition coefficient (Wildman–Crippen LogP) is 4.43. The average molecular weight is 277 g/mol. The second kappa shape index (κ2) is 7.96. The van der Waals surface area contributed by atoms with Crippen LogP contribution >= 0.6 is 11.8 Å². The van der Waals surface area contributed by atoms with Crippen LogP contribution in [0.25, 0.3) is 0 Å². The van der Waals surface area contributed by atoms with E-state index in [1.165, 1.54) is 54.7 Å². The molecule has 0 amide bonds. The molecule has 1 unspecified atom stereocenters. The molecule has 0 aliphatic carbocycles. The molecule has 2 heteroatoms.